The molecule has 0 aliphatic heterocycles. The van der Waals surface area contributed by atoms with Crippen LogP contribution in [0.1, 0.15) is 32.1 Å². The highest BCUT2D eigenvalue weighted by Gasteiger charge is 1.80. The molecule has 0 bridgehead atoms. The lowest BCUT2D eigenvalue weighted by atomic mass is 10.2. The number of hydrogen-bond donors (Lipinski definition) is 0. The molecule has 0 atom stereocenters. The molecule has 0 heterocycles. The average Bonchev–Trinajstić information content (AvgIpc) is 2.18. The highest BCUT2D eigenvalue weighted by molar-refractivity contribution is 5.06. The van der Waals surface area contributed by atoms with Gasteiger partial charge in [0.05, 0.1) is 0 Å². The highest BCUT2D eigenvalue weighted by atomic mass is 13.9. The number of allylic oxidation sites excluding steroid dienone is 8. The lowest BCUT2D eigenvalue weighted by Crippen LogP contribution is -1.67. The van der Waals surface area contributed by atoms with Crippen molar-refractivity contribution in [2.45, 2.75) is 32.1 Å². The predicted octanol–water partition coefficient (Wildman–Crippen LogP) is 4.18. The molecule has 0 aromatic carbocycles. The van der Waals surface area contributed by atoms with E-state index in [1.54, 1.807) is 0 Å². The quantitative estimate of drug-likeness (QED) is 0.517. The third-order valence-corrected chi connectivity index (χ3v) is 2.01. The van der Waals surface area contributed by atoms with E-state index >= 15 is 0 Å². The zero-order valence-corrected chi connectivity index (χ0v) is 8.15. The Hall–Kier alpha value is -1.04. The van der Waals surface area contributed by atoms with Gasteiger partial charge in [-0.25, -0.2) is 0 Å². The second kappa shape index (κ2) is 7.60. The molecule has 0 unspecified atom stereocenters. The van der Waals surface area contributed by atoms with Crippen LogP contribution in [-0.4, -0.2) is 0 Å². The molecular weight excluding hydrogens is 156 g/mol. The Morgan fingerprint density at radius 2 is 0.846 bits per heavy atom. The Balaban J connectivity index is 2.38. The lowest BCUT2D eigenvalue weighted by Gasteiger charge is -1.87. The monoisotopic (exact) mass is 174 g/mol. The second-order valence-electron chi connectivity index (χ2n) is 3.22. The molecule has 0 fully saturated rings. The second-order valence-corrected chi connectivity index (χ2v) is 3.22. The molecule has 0 aromatic heterocycles. The first-order chi connectivity index (χ1) is 6.50. The summed E-state index contributed by atoms with van der Waals surface area (Å²) in [5.41, 5.74) is 0. The lowest BCUT2D eigenvalue weighted by molar-refractivity contribution is 0.868. The Kier molecular flexibility index (Phi) is 5.87. The van der Waals surface area contributed by atoms with Crippen molar-refractivity contribution in [2.24, 2.45) is 0 Å². The summed E-state index contributed by atoms with van der Waals surface area (Å²) in [6, 6.07) is 0. The molecule has 0 saturated carbocycles. The van der Waals surface area contributed by atoms with Gasteiger partial charge in [0.25, 0.3) is 0 Å². The molecule has 0 heteroatoms. The van der Waals surface area contributed by atoms with E-state index in [0.29, 0.717) is 0 Å². The topological polar surface area (TPSA) is 0 Å². The first-order valence-electron chi connectivity index (χ1n) is 5.13. The van der Waals surface area contributed by atoms with Crippen LogP contribution in [0.25, 0.3) is 0 Å². The summed E-state index contributed by atoms with van der Waals surface area (Å²) in [4.78, 5) is 0. The molecule has 0 saturated heterocycles. The van der Waals surface area contributed by atoms with Crippen molar-refractivity contribution >= 4 is 0 Å². The maximum absolute atomic E-state index is 2.25. The molecule has 0 nitrogen and oxygen atoms in total. The Morgan fingerprint density at radius 3 is 1.31 bits per heavy atom. The van der Waals surface area contributed by atoms with E-state index in [-0.39, 0.29) is 0 Å². The molecule has 1 aliphatic rings. The van der Waals surface area contributed by atoms with Crippen LogP contribution in [0.4, 0.5) is 0 Å². The van der Waals surface area contributed by atoms with Gasteiger partial charge in [0.1, 0.15) is 0 Å². The molecule has 0 spiro atoms. The summed E-state index contributed by atoms with van der Waals surface area (Å²) in [5.74, 6) is 0. The summed E-state index contributed by atoms with van der Waals surface area (Å²) >= 11 is 0. The van der Waals surface area contributed by atoms with Gasteiger partial charge < -0.3 is 0 Å². The maximum Gasteiger partial charge on any atom is -0.0313 e. The smallest absolute Gasteiger partial charge is 0.0313 e. The van der Waals surface area contributed by atoms with Crippen LogP contribution >= 0.6 is 0 Å². The first kappa shape index (κ1) is 10.0. The van der Waals surface area contributed by atoms with Crippen molar-refractivity contribution in [3.05, 3.63) is 48.6 Å². The number of rotatable bonds is 0. The van der Waals surface area contributed by atoms with Crippen molar-refractivity contribution in [3.63, 3.8) is 0 Å². The van der Waals surface area contributed by atoms with Gasteiger partial charge in [-0.1, -0.05) is 48.6 Å². The van der Waals surface area contributed by atoms with E-state index < -0.39 is 0 Å². The van der Waals surface area contributed by atoms with Gasteiger partial charge in [-0.3, -0.25) is 0 Å². The molecule has 0 N–H and O–H groups in total. The molecule has 0 aromatic rings. The zero-order chi connectivity index (χ0) is 9.19. The summed E-state index contributed by atoms with van der Waals surface area (Å²) in [5, 5.41) is 0. The van der Waals surface area contributed by atoms with Crippen molar-refractivity contribution in [2.75, 3.05) is 0 Å². The molecule has 1 aliphatic carbocycles. The predicted molar refractivity (Wildman–Crippen MR) is 59.6 cm³/mol. The largest absolute Gasteiger partial charge is 0.0845 e. The van der Waals surface area contributed by atoms with Gasteiger partial charge in [-0.05, 0) is 32.1 Å². The maximum atomic E-state index is 2.25. The van der Waals surface area contributed by atoms with E-state index in [0.717, 1.165) is 12.8 Å². The zero-order valence-electron chi connectivity index (χ0n) is 8.15. The SMILES string of the molecule is C1=CCCC=CC=CCCCC=C1. The van der Waals surface area contributed by atoms with Gasteiger partial charge in [0, 0.05) is 0 Å². The third kappa shape index (κ3) is 6.15. The molecule has 1 rings (SSSR count). The Labute approximate surface area is 81.4 Å². The van der Waals surface area contributed by atoms with Gasteiger partial charge in [-0.2, -0.15) is 0 Å². The van der Waals surface area contributed by atoms with Crippen molar-refractivity contribution in [3.8, 4) is 0 Å². The van der Waals surface area contributed by atoms with Crippen LogP contribution in [0.3, 0.4) is 0 Å². The van der Waals surface area contributed by atoms with E-state index in [4.69, 9.17) is 0 Å². The van der Waals surface area contributed by atoms with E-state index in [1.807, 2.05) is 0 Å². The van der Waals surface area contributed by atoms with Crippen molar-refractivity contribution in [1.29, 1.82) is 0 Å². The Morgan fingerprint density at radius 1 is 0.462 bits per heavy atom. The molecule has 70 valence electrons. The summed E-state index contributed by atoms with van der Waals surface area (Å²) in [7, 11) is 0. The van der Waals surface area contributed by atoms with Crippen LogP contribution in [0.5, 0.6) is 0 Å². The van der Waals surface area contributed by atoms with Gasteiger partial charge in [0.2, 0.25) is 0 Å². The van der Waals surface area contributed by atoms with E-state index in [9.17, 15) is 0 Å². The Bertz CT molecular complexity index is 192. The minimum atomic E-state index is 1.15. The van der Waals surface area contributed by atoms with E-state index in [2.05, 4.69) is 48.6 Å². The fraction of sp³-hybridized carbons (Fsp3) is 0.385. The van der Waals surface area contributed by atoms with Gasteiger partial charge in [0.15, 0.2) is 0 Å². The molecule has 0 amide bonds. The van der Waals surface area contributed by atoms with Crippen LogP contribution in [0, 0.1) is 0 Å². The average molecular weight is 174 g/mol. The van der Waals surface area contributed by atoms with Crippen molar-refractivity contribution < 1.29 is 0 Å². The minimum absolute atomic E-state index is 1.15. The van der Waals surface area contributed by atoms with Crippen LogP contribution in [-0.2, 0) is 0 Å². The summed E-state index contributed by atoms with van der Waals surface area (Å²) in [6.07, 6.45) is 23.5. The minimum Gasteiger partial charge on any atom is -0.0845 e. The number of hydrogen-bond acceptors (Lipinski definition) is 0. The normalized spacial score (nSPS) is 19.1. The van der Waals surface area contributed by atoms with Crippen LogP contribution < -0.4 is 0 Å². The molecule has 13 heavy (non-hydrogen) atoms. The molecule has 0 radical (unpaired) electrons. The van der Waals surface area contributed by atoms with Crippen molar-refractivity contribution in [1.82, 2.24) is 0 Å². The molecular formula is C13H18. The third-order valence-electron chi connectivity index (χ3n) is 2.01. The van der Waals surface area contributed by atoms with Gasteiger partial charge in [-0.15, -0.1) is 0 Å². The van der Waals surface area contributed by atoms with Crippen LogP contribution in [0.2, 0.25) is 0 Å². The summed E-state index contributed by atoms with van der Waals surface area (Å²) < 4.78 is 0. The van der Waals surface area contributed by atoms with Gasteiger partial charge >= 0.3 is 0 Å². The fourth-order valence-corrected chi connectivity index (χ4v) is 1.25. The highest BCUT2D eigenvalue weighted by Crippen LogP contribution is 2.00. The first-order valence-corrected chi connectivity index (χ1v) is 5.13. The van der Waals surface area contributed by atoms with Crippen LogP contribution in [0.15, 0.2) is 48.6 Å². The summed E-state index contributed by atoms with van der Waals surface area (Å²) in [6.45, 7) is 0. The fourth-order valence-electron chi connectivity index (χ4n) is 1.25. The van der Waals surface area contributed by atoms with E-state index in [1.165, 1.54) is 19.3 Å². The standard InChI is InChI=1S/C13H18/c1-2-4-6-8-10-12-13-11-9-7-5-3-1/h1-4,9,11-13H,5-8,10H2.